The van der Waals surface area contributed by atoms with E-state index < -0.39 is 21.6 Å². The van der Waals surface area contributed by atoms with E-state index in [2.05, 4.69) is 5.32 Å². The molecule has 8 nitrogen and oxygen atoms in total. The third kappa shape index (κ3) is 10.1. The first-order valence-electron chi connectivity index (χ1n) is 13.8. The van der Waals surface area contributed by atoms with Crippen LogP contribution >= 0.6 is 11.6 Å². The van der Waals surface area contributed by atoms with Crippen LogP contribution in [0.3, 0.4) is 0 Å². The van der Waals surface area contributed by atoms with Crippen LogP contribution in [-0.2, 0) is 32.6 Å². The van der Waals surface area contributed by atoms with Gasteiger partial charge in [0.2, 0.25) is 21.8 Å². The topological polar surface area (TPSA) is 96.0 Å². The van der Waals surface area contributed by atoms with E-state index in [4.69, 9.17) is 16.3 Å². The van der Waals surface area contributed by atoms with Crippen molar-refractivity contribution in [3.8, 4) is 5.75 Å². The summed E-state index contributed by atoms with van der Waals surface area (Å²) in [6.07, 6.45) is 1.72. The van der Waals surface area contributed by atoms with Crippen LogP contribution in [0.2, 0.25) is 5.02 Å². The number of nitrogens with one attached hydrogen (secondary N) is 1. The van der Waals surface area contributed by atoms with Crippen molar-refractivity contribution < 1.29 is 22.7 Å². The molecular weight excluding hydrogens is 574 g/mol. The zero-order valence-electron chi connectivity index (χ0n) is 24.8. The average Bonchev–Trinajstić information content (AvgIpc) is 2.92. The standard InChI is InChI=1S/C32H40ClN3O5S/c1-32(2,3)34-31(38)29(21-24-12-7-6-8-13-24)35(23-25-14-9-15-26(33)20-25)30(37)18-11-19-36(42(5,39)40)27-16-10-17-28(22-27)41-4/h6-10,12-17,20,22,29H,11,18-19,21,23H2,1-5H3,(H,34,38)/t29-/m1/s1. The number of amides is 2. The van der Waals surface area contributed by atoms with Crippen molar-refractivity contribution in [3.05, 3.63) is 95.0 Å². The number of halogens is 1. The van der Waals surface area contributed by atoms with Crippen LogP contribution < -0.4 is 14.4 Å². The maximum atomic E-state index is 13.9. The first kappa shape index (κ1) is 32.9. The molecule has 0 unspecified atom stereocenters. The Bertz CT molecular complexity index is 1460. The summed E-state index contributed by atoms with van der Waals surface area (Å²) in [7, 11) is -2.12. The highest BCUT2D eigenvalue weighted by atomic mass is 35.5. The van der Waals surface area contributed by atoms with Crippen LogP contribution in [-0.4, -0.2) is 56.6 Å². The molecule has 3 aromatic carbocycles. The largest absolute Gasteiger partial charge is 0.497 e. The number of rotatable bonds is 13. The van der Waals surface area contributed by atoms with Gasteiger partial charge in [-0.2, -0.15) is 0 Å². The number of anilines is 1. The summed E-state index contributed by atoms with van der Waals surface area (Å²) in [6, 6.07) is 22.7. The SMILES string of the molecule is COc1cccc(N(CCCC(=O)N(Cc2cccc(Cl)c2)[C@H](Cc2ccccc2)C(=O)NC(C)(C)C)S(C)(=O)=O)c1. The minimum absolute atomic E-state index is 0.0324. The quantitative estimate of drug-likeness (QED) is 0.277. The van der Waals surface area contributed by atoms with E-state index in [1.807, 2.05) is 57.2 Å². The Hall–Kier alpha value is -3.56. The van der Waals surface area contributed by atoms with Crippen molar-refractivity contribution in [3.63, 3.8) is 0 Å². The Kier molecular flexibility index (Phi) is 11.4. The minimum atomic E-state index is -3.63. The fourth-order valence-electron chi connectivity index (χ4n) is 4.61. The second-order valence-corrected chi connectivity index (χ2v) is 13.6. The molecule has 1 N–H and O–H groups in total. The highest BCUT2D eigenvalue weighted by Crippen LogP contribution is 2.24. The van der Waals surface area contributed by atoms with Gasteiger partial charge in [0.1, 0.15) is 11.8 Å². The Morgan fingerprint density at radius 1 is 0.952 bits per heavy atom. The number of benzene rings is 3. The number of carbonyl (C=O) groups excluding carboxylic acids is 2. The fourth-order valence-corrected chi connectivity index (χ4v) is 5.78. The van der Waals surface area contributed by atoms with E-state index in [0.29, 0.717) is 22.9 Å². The molecule has 0 aliphatic rings. The van der Waals surface area contributed by atoms with Crippen LogP contribution in [0.5, 0.6) is 5.75 Å². The lowest BCUT2D eigenvalue weighted by Gasteiger charge is -2.34. The Morgan fingerprint density at radius 2 is 1.62 bits per heavy atom. The zero-order valence-corrected chi connectivity index (χ0v) is 26.4. The molecule has 0 radical (unpaired) electrons. The molecule has 3 aromatic rings. The fraction of sp³-hybridized carbons (Fsp3) is 0.375. The summed E-state index contributed by atoms with van der Waals surface area (Å²) in [6.45, 7) is 5.93. The van der Waals surface area contributed by atoms with Crippen LogP contribution in [0.1, 0.15) is 44.7 Å². The number of carbonyl (C=O) groups is 2. The van der Waals surface area contributed by atoms with Gasteiger partial charge in [-0.05, 0) is 62.6 Å². The Morgan fingerprint density at radius 3 is 2.24 bits per heavy atom. The summed E-state index contributed by atoms with van der Waals surface area (Å²) in [5.74, 6) is -0.00605. The summed E-state index contributed by atoms with van der Waals surface area (Å²) in [5, 5.41) is 3.57. The van der Waals surface area contributed by atoms with Crippen LogP contribution in [0, 0.1) is 0 Å². The molecule has 3 rings (SSSR count). The summed E-state index contributed by atoms with van der Waals surface area (Å²) < 4.78 is 31.9. The van der Waals surface area contributed by atoms with Gasteiger partial charge in [0.05, 0.1) is 19.1 Å². The van der Waals surface area contributed by atoms with E-state index in [0.717, 1.165) is 17.4 Å². The molecule has 0 saturated heterocycles. The van der Waals surface area contributed by atoms with Gasteiger partial charge < -0.3 is 15.0 Å². The lowest BCUT2D eigenvalue weighted by atomic mass is 10.00. The predicted octanol–water partition coefficient (Wildman–Crippen LogP) is 5.45. The lowest BCUT2D eigenvalue weighted by Crippen LogP contribution is -2.54. The number of ether oxygens (including phenoxy) is 1. The number of nitrogens with zero attached hydrogens (tertiary/aromatic N) is 2. The smallest absolute Gasteiger partial charge is 0.243 e. The van der Waals surface area contributed by atoms with E-state index in [1.54, 1.807) is 47.4 Å². The van der Waals surface area contributed by atoms with Crippen molar-refractivity contribution >= 4 is 39.1 Å². The Balaban J connectivity index is 1.91. The lowest BCUT2D eigenvalue weighted by molar-refractivity contribution is -0.142. The predicted molar refractivity (Wildman–Crippen MR) is 168 cm³/mol. The molecule has 0 fully saturated rings. The van der Waals surface area contributed by atoms with Crippen LogP contribution in [0.4, 0.5) is 5.69 Å². The first-order valence-corrected chi connectivity index (χ1v) is 16.0. The van der Waals surface area contributed by atoms with Gasteiger partial charge in [0.15, 0.2) is 0 Å². The monoisotopic (exact) mass is 613 g/mol. The zero-order chi connectivity index (χ0) is 30.9. The molecule has 0 aliphatic carbocycles. The van der Waals surface area contributed by atoms with Gasteiger partial charge >= 0.3 is 0 Å². The first-order chi connectivity index (χ1) is 19.8. The molecule has 0 bridgehead atoms. The number of hydrogen-bond donors (Lipinski definition) is 1. The van der Waals surface area contributed by atoms with Crippen molar-refractivity contribution in [2.24, 2.45) is 0 Å². The second kappa shape index (κ2) is 14.6. The minimum Gasteiger partial charge on any atom is -0.497 e. The molecule has 0 aromatic heterocycles. The van der Waals surface area contributed by atoms with E-state index >= 15 is 0 Å². The maximum Gasteiger partial charge on any atom is 0.243 e. The molecule has 10 heteroatoms. The van der Waals surface area contributed by atoms with Crippen molar-refractivity contribution in [1.82, 2.24) is 10.2 Å². The molecule has 42 heavy (non-hydrogen) atoms. The van der Waals surface area contributed by atoms with Gasteiger partial charge in [-0.1, -0.05) is 60.1 Å². The molecule has 0 heterocycles. The molecule has 0 saturated carbocycles. The molecular formula is C32H40ClN3O5S. The van der Waals surface area contributed by atoms with Crippen LogP contribution in [0.25, 0.3) is 0 Å². The molecule has 226 valence electrons. The third-order valence-electron chi connectivity index (χ3n) is 6.50. The Labute approximate surface area is 254 Å². The van der Waals surface area contributed by atoms with E-state index in [-0.39, 0.29) is 37.7 Å². The van der Waals surface area contributed by atoms with Gasteiger partial charge in [0, 0.05) is 42.6 Å². The third-order valence-corrected chi connectivity index (χ3v) is 7.93. The van der Waals surface area contributed by atoms with Gasteiger partial charge in [-0.3, -0.25) is 13.9 Å². The van der Waals surface area contributed by atoms with Crippen molar-refractivity contribution in [1.29, 1.82) is 0 Å². The van der Waals surface area contributed by atoms with Gasteiger partial charge in [-0.15, -0.1) is 0 Å². The molecule has 0 aliphatic heterocycles. The summed E-state index contributed by atoms with van der Waals surface area (Å²) in [4.78, 5) is 29.2. The van der Waals surface area contributed by atoms with Crippen LogP contribution in [0.15, 0.2) is 78.9 Å². The van der Waals surface area contributed by atoms with E-state index in [9.17, 15) is 18.0 Å². The maximum absolute atomic E-state index is 13.9. The number of sulfonamides is 1. The number of hydrogen-bond acceptors (Lipinski definition) is 5. The van der Waals surface area contributed by atoms with Gasteiger partial charge in [-0.25, -0.2) is 8.42 Å². The second-order valence-electron chi connectivity index (χ2n) is 11.2. The van der Waals surface area contributed by atoms with E-state index in [1.165, 1.54) is 11.4 Å². The molecule has 0 spiro atoms. The molecule has 1 atom stereocenters. The highest BCUT2D eigenvalue weighted by molar-refractivity contribution is 7.92. The normalized spacial score (nSPS) is 12.3. The average molecular weight is 614 g/mol. The van der Waals surface area contributed by atoms with Crippen molar-refractivity contribution in [2.75, 3.05) is 24.2 Å². The highest BCUT2D eigenvalue weighted by Gasteiger charge is 2.32. The van der Waals surface area contributed by atoms with Gasteiger partial charge in [0.25, 0.3) is 0 Å². The van der Waals surface area contributed by atoms with Crippen molar-refractivity contribution in [2.45, 2.75) is 58.2 Å². The summed E-state index contributed by atoms with van der Waals surface area (Å²) in [5.41, 5.74) is 1.64. The molecule has 2 amide bonds. The summed E-state index contributed by atoms with van der Waals surface area (Å²) >= 11 is 6.25. The number of methoxy groups -OCH3 is 1.